The SMILES string of the molecule is CC(=O)O[C@@H]1C=CC(OC(C)C)O[C@H]1C. The first-order valence-electron chi connectivity index (χ1n) is 5.15. The van der Waals surface area contributed by atoms with E-state index in [1.165, 1.54) is 6.92 Å². The van der Waals surface area contributed by atoms with E-state index in [9.17, 15) is 4.79 Å². The first kappa shape index (κ1) is 12.2. The number of carbonyl (C=O) groups is 1. The Morgan fingerprint density at radius 2 is 2.07 bits per heavy atom. The number of carbonyl (C=O) groups excluding carboxylic acids is 1. The smallest absolute Gasteiger partial charge is 0.303 e. The van der Waals surface area contributed by atoms with E-state index in [-0.39, 0.29) is 30.6 Å². The Hall–Kier alpha value is -0.870. The Bertz CT molecular complexity index is 247. The number of rotatable bonds is 3. The topological polar surface area (TPSA) is 44.8 Å². The summed E-state index contributed by atoms with van der Waals surface area (Å²) in [7, 11) is 0. The van der Waals surface area contributed by atoms with Gasteiger partial charge in [0.05, 0.1) is 12.2 Å². The first-order valence-corrected chi connectivity index (χ1v) is 5.15. The van der Waals surface area contributed by atoms with Gasteiger partial charge in [-0.05, 0) is 32.9 Å². The van der Waals surface area contributed by atoms with Gasteiger partial charge in [0.2, 0.25) is 0 Å². The van der Waals surface area contributed by atoms with E-state index in [2.05, 4.69) is 0 Å². The Labute approximate surface area is 90.2 Å². The minimum atomic E-state index is -0.341. The van der Waals surface area contributed by atoms with E-state index in [1.54, 1.807) is 6.08 Å². The molecular weight excluding hydrogens is 196 g/mol. The van der Waals surface area contributed by atoms with Crippen molar-refractivity contribution in [2.24, 2.45) is 0 Å². The second kappa shape index (κ2) is 5.28. The van der Waals surface area contributed by atoms with Gasteiger partial charge in [-0.25, -0.2) is 0 Å². The summed E-state index contributed by atoms with van der Waals surface area (Å²) in [4.78, 5) is 10.8. The zero-order chi connectivity index (χ0) is 11.4. The highest BCUT2D eigenvalue weighted by molar-refractivity contribution is 5.66. The maximum atomic E-state index is 10.8. The summed E-state index contributed by atoms with van der Waals surface area (Å²) < 4.78 is 16.0. The van der Waals surface area contributed by atoms with Crippen molar-refractivity contribution in [2.75, 3.05) is 0 Å². The summed E-state index contributed by atoms with van der Waals surface area (Å²) in [6.07, 6.45) is 2.86. The second-order valence-corrected chi connectivity index (χ2v) is 3.85. The molecule has 0 spiro atoms. The van der Waals surface area contributed by atoms with Gasteiger partial charge in [-0.1, -0.05) is 0 Å². The number of esters is 1. The second-order valence-electron chi connectivity index (χ2n) is 3.85. The molecule has 3 atom stereocenters. The molecule has 0 bridgehead atoms. The van der Waals surface area contributed by atoms with E-state index in [0.29, 0.717) is 0 Å². The largest absolute Gasteiger partial charge is 0.456 e. The monoisotopic (exact) mass is 214 g/mol. The predicted octanol–water partition coefficient (Wildman–Crippen LogP) is 1.64. The molecule has 0 aliphatic carbocycles. The van der Waals surface area contributed by atoms with Gasteiger partial charge in [0.15, 0.2) is 6.29 Å². The van der Waals surface area contributed by atoms with Crippen LogP contribution in [-0.2, 0) is 19.0 Å². The van der Waals surface area contributed by atoms with Crippen LogP contribution in [0.1, 0.15) is 27.7 Å². The summed E-state index contributed by atoms with van der Waals surface area (Å²) in [5.41, 5.74) is 0. The molecule has 0 aromatic heterocycles. The van der Waals surface area contributed by atoms with Gasteiger partial charge in [0.1, 0.15) is 6.10 Å². The fourth-order valence-electron chi connectivity index (χ4n) is 1.36. The lowest BCUT2D eigenvalue weighted by Crippen LogP contribution is -2.37. The first-order chi connectivity index (χ1) is 6.99. The van der Waals surface area contributed by atoms with Gasteiger partial charge < -0.3 is 14.2 Å². The molecule has 4 heteroatoms. The molecule has 0 saturated carbocycles. The lowest BCUT2D eigenvalue weighted by molar-refractivity contribution is -0.190. The highest BCUT2D eigenvalue weighted by Gasteiger charge is 2.26. The van der Waals surface area contributed by atoms with E-state index in [1.807, 2.05) is 26.8 Å². The minimum Gasteiger partial charge on any atom is -0.456 e. The summed E-state index contributed by atoms with van der Waals surface area (Å²) >= 11 is 0. The molecule has 0 N–H and O–H groups in total. The van der Waals surface area contributed by atoms with Crippen LogP contribution >= 0.6 is 0 Å². The van der Waals surface area contributed by atoms with Crippen molar-refractivity contribution in [1.29, 1.82) is 0 Å². The normalized spacial score (nSPS) is 30.6. The van der Waals surface area contributed by atoms with E-state index in [4.69, 9.17) is 14.2 Å². The zero-order valence-electron chi connectivity index (χ0n) is 9.60. The van der Waals surface area contributed by atoms with Crippen LogP contribution in [0.15, 0.2) is 12.2 Å². The predicted molar refractivity (Wildman–Crippen MR) is 55.3 cm³/mol. The molecule has 0 fully saturated rings. The molecule has 1 heterocycles. The lowest BCUT2D eigenvalue weighted by atomic mass is 10.1. The summed E-state index contributed by atoms with van der Waals surface area (Å²) in [5, 5.41) is 0. The summed E-state index contributed by atoms with van der Waals surface area (Å²) in [6, 6.07) is 0. The molecule has 1 aliphatic heterocycles. The van der Waals surface area contributed by atoms with Crippen molar-refractivity contribution in [1.82, 2.24) is 0 Å². The molecule has 0 radical (unpaired) electrons. The van der Waals surface area contributed by atoms with E-state index in [0.717, 1.165) is 0 Å². The molecule has 4 nitrogen and oxygen atoms in total. The summed E-state index contributed by atoms with van der Waals surface area (Å²) in [6.45, 7) is 7.13. The van der Waals surface area contributed by atoms with Gasteiger partial charge in [-0.15, -0.1) is 0 Å². The third-order valence-electron chi connectivity index (χ3n) is 1.98. The molecule has 0 aromatic rings. The Morgan fingerprint density at radius 1 is 1.40 bits per heavy atom. The van der Waals surface area contributed by atoms with Gasteiger partial charge in [0, 0.05) is 6.92 Å². The van der Waals surface area contributed by atoms with E-state index < -0.39 is 0 Å². The van der Waals surface area contributed by atoms with Crippen LogP contribution in [0.3, 0.4) is 0 Å². The maximum absolute atomic E-state index is 10.8. The van der Waals surface area contributed by atoms with E-state index >= 15 is 0 Å². The fraction of sp³-hybridized carbons (Fsp3) is 0.727. The zero-order valence-corrected chi connectivity index (χ0v) is 9.60. The third-order valence-corrected chi connectivity index (χ3v) is 1.98. The lowest BCUT2D eigenvalue weighted by Gasteiger charge is -2.30. The van der Waals surface area contributed by atoms with Crippen LogP contribution in [0, 0.1) is 0 Å². The van der Waals surface area contributed by atoms with Gasteiger partial charge in [0.25, 0.3) is 0 Å². The van der Waals surface area contributed by atoms with Crippen LogP contribution in [0.2, 0.25) is 0 Å². The molecule has 0 amide bonds. The van der Waals surface area contributed by atoms with Crippen molar-refractivity contribution in [3.8, 4) is 0 Å². The summed E-state index contributed by atoms with van der Waals surface area (Å²) in [5.74, 6) is -0.302. The molecule has 1 aliphatic rings. The number of hydrogen-bond acceptors (Lipinski definition) is 4. The van der Waals surface area contributed by atoms with Crippen molar-refractivity contribution >= 4 is 5.97 Å². The van der Waals surface area contributed by atoms with Crippen LogP contribution in [0.4, 0.5) is 0 Å². The van der Waals surface area contributed by atoms with Gasteiger partial charge in [-0.3, -0.25) is 4.79 Å². The van der Waals surface area contributed by atoms with Crippen LogP contribution < -0.4 is 0 Å². The quantitative estimate of drug-likeness (QED) is 0.529. The molecule has 0 saturated heterocycles. The van der Waals surface area contributed by atoms with Gasteiger partial charge in [-0.2, -0.15) is 0 Å². The van der Waals surface area contributed by atoms with Crippen molar-refractivity contribution in [3.63, 3.8) is 0 Å². The van der Waals surface area contributed by atoms with Crippen LogP contribution in [-0.4, -0.2) is 30.6 Å². The maximum Gasteiger partial charge on any atom is 0.303 e. The number of ether oxygens (including phenoxy) is 3. The molecule has 0 aromatic carbocycles. The Balaban J connectivity index is 2.51. The number of hydrogen-bond donors (Lipinski definition) is 0. The fourth-order valence-corrected chi connectivity index (χ4v) is 1.36. The standard InChI is InChI=1S/C11H18O4/c1-7(2)13-11-6-5-10(8(3)14-11)15-9(4)12/h5-8,10-11H,1-4H3/t8-,10+,11?/m0/s1. The molecule has 1 rings (SSSR count). The van der Waals surface area contributed by atoms with Crippen LogP contribution in [0.5, 0.6) is 0 Å². The minimum absolute atomic E-state index is 0.108. The van der Waals surface area contributed by atoms with Crippen molar-refractivity contribution < 1.29 is 19.0 Å². The van der Waals surface area contributed by atoms with Crippen LogP contribution in [0.25, 0.3) is 0 Å². The third kappa shape index (κ3) is 4.01. The molecule has 1 unspecified atom stereocenters. The molecular formula is C11H18O4. The average Bonchev–Trinajstić information content (AvgIpc) is 2.08. The highest BCUT2D eigenvalue weighted by atomic mass is 16.7. The average molecular weight is 214 g/mol. The Morgan fingerprint density at radius 3 is 2.53 bits per heavy atom. The van der Waals surface area contributed by atoms with Crippen molar-refractivity contribution in [3.05, 3.63) is 12.2 Å². The van der Waals surface area contributed by atoms with Crippen molar-refractivity contribution in [2.45, 2.75) is 52.3 Å². The van der Waals surface area contributed by atoms with Gasteiger partial charge >= 0.3 is 5.97 Å². The molecule has 15 heavy (non-hydrogen) atoms. The Kier molecular flexibility index (Phi) is 4.29. The molecule has 86 valence electrons. The highest BCUT2D eigenvalue weighted by Crippen LogP contribution is 2.17.